The lowest BCUT2D eigenvalue weighted by molar-refractivity contribution is -0.122. The number of ether oxygens (including phenoxy) is 1. The Balaban J connectivity index is 1.50. The molecule has 0 spiro atoms. The number of nitrogens with zero attached hydrogens (tertiary/aromatic N) is 1. The monoisotopic (exact) mass is 394 g/mol. The summed E-state index contributed by atoms with van der Waals surface area (Å²) in [4.78, 5) is 26.7. The predicted octanol–water partition coefficient (Wildman–Crippen LogP) is 4.95. The van der Waals surface area contributed by atoms with Crippen molar-refractivity contribution in [1.82, 2.24) is 0 Å². The van der Waals surface area contributed by atoms with E-state index < -0.39 is 0 Å². The van der Waals surface area contributed by atoms with E-state index in [1.807, 2.05) is 55.5 Å². The van der Waals surface area contributed by atoms with E-state index in [1.165, 1.54) is 19.3 Å². The van der Waals surface area contributed by atoms with Crippen LogP contribution >= 0.6 is 0 Å². The molecule has 0 radical (unpaired) electrons. The lowest BCUT2D eigenvalue weighted by Crippen LogP contribution is -2.28. The normalized spacial score (nSPS) is 16.1. The van der Waals surface area contributed by atoms with E-state index in [4.69, 9.17) is 4.74 Å². The zero-order valence-electron chi connectivity index (χ0n) is 17.3. The van der Waals surface area contributed by atoms with Crippen LogP contribution in [0.25, 0.3) is 0 Å². The Morgan fingerprint density at radius 3 is 2.48 bits per heavy atom. The van der Waals surface area contributed by atoms with E-state index in [2.05, 4.69) is 12.2 Å². The highest BCUT2D eigenvalue weighted by Crippen LogP contribution is 2.26. The molecule has 0 aliphatic carbocycles. The molecule has 154 valence electrons. The second kappa shape index (κ2) is 10.1. The average molecular weight is 395 g/mol. The Labute approximate surface area is 173 Å². The van der Waals surface area contributed by atoms with Gasteiger partial charge in [-0.25, -0.2) is 0 Å². The minimum atomic E-state index is -0.349. The molecule has 1 N–H and O–H groups in total. The van der Waals surface area contributed by atoms with E-state index >= 15 is 0 Å². The van der Waals surface area contributed by atoms with E-state index in [1.54, 1.807) is 4.90 Å². The van der Waals surface area contributed by atoms with Gasteiger partial charge in [-0.05, 0) is 49.7 Å². The third kappa shape index (κ3) is 5.83. The molecule has 0 saturated carbocycles. The summed E-state index contributed by atoms with van der Waals surface area (Å²) < 4.78 is 5.73. The van der Waals surface area contributed by atoms with Crippen molar-refractivity contribution in [1.29, 1.82) is 0 Å². The highest BCUT2D eigenvalue weighted by Gasteiger charge is 2.35. The van der Waals surface area contributed by atoms with Gasteiger partial charge in [-0.2, -0.15) is 0 Å². The quantitative estimate of drug-likeness (QED) is 0.613. The summed E-state index contributed by atoms with van der Waals surface area (Å²) in [5.74, 6) is 0.321. The number of nitrogens with one attached hydrogen (secondary N) is 1. The van der Waals surface area contributed by atoms with Crippen molar-refractivity contribution in [3.05, 3.63) is 54.1 Å². The zero-order chi connectivity index (χ0) is 20.6. The molecule has 29 heavy (non-hydrogen) atoms. The number of anilines is 2. The molecule has 1 aliphatic rings. The van der Waals surface area contributed by atoms with Crippen LogP contribution in [0.3, 0.4) is 0 Å². The van der Waals surface area contributed by atoms with Crippen LogP contribution in [0.4, 0.5) is 11.4 Å². The third-order valence-electron chi connectivity index (χ3n) is 5.23. The summed E-state index contributed by atoms with van der Waals surface area (Å²) >= 11 is 0. The highest BCUT2D eigenvalue weighted by molar-refractivity contribution is 6.03. The number of hydrogen-bond donors (Lipinski definition) is 1. The second-order valence-electron chi connectivity index (χ2n) is 7.66. The largest absolute Gasteiger partial charge is 0.494 e. The fourth-order valence-electron chi connectivity index (χ4n) is 3.46. The number of unbranched alkanes of at least 4 members (excludes halogenated alkanes) is 3. The maximum absolute atomic E-state index is 12.6. The first kappa shape index (κ1) is 20.9. The number of carbonyl (C=O) groups excluding carboxylic acids is 2. The van der Waals surface area contributed by atoms with Crippen LogP contribution in [-0.2, 0) is 9.59 Å². The van der Waals surface area contributed by atoms with Gasteiger partial charge in [0.1, 0.15) is 5.75 Å². The first-order valence-corrected chi connectivity index (χ1v) is 10.5. The van der Waals surface area contributed by atoms with E-state index in [-0.39, 0.29) is 24.2 Å². The molecule has 1 heterocycles. The molecule has 1 atom stereocenters. The van der Waals surface area contributed by atoms with Crippen LogP contribution in [0, 0.1) is 12.8 Å². The van der Waals surface area contributed by atoms with Crippen molar-refractivity contribution >= 4 is 23.2 Å². The van der Waals surface area contributed by atoms with Crippen LogP contribution in [0.2, 0.25) is 0 Å². The summed E-state index contributed by atoms with van der Waals surface area (Å²) in [5, 5.41) is 2.92. The number of aryl methyl sites for hydroxylation is 1. The number of benzene rings is 2. The summed E-state index contributed by atoms with van der Waals surface area (Å²) in [5.41, 5.74) is 2.70. The van der Waals surface area contributed by atoms with Gasteiger partial charge in [0.05, 0.1) is 12.5 Å². The minimum Gasteiger partial charge on any atom is -0.494 e. The van der Waals surface area contributed by atoms with Gasteiger partial charge in [0.25, 0.3) is 0 Å². The Morgan fingerprint density at radius 2 is 1.79 bits per heavy atom. The number of amides is 2. The van der Waals surface area contributed by atoms with Gasteiger partial charge in [0.2, 0.25) is 11.8 Å². The summed E-state index contributed by atoms with van der Waals surface area (Å²) in [7, 11) is 0. The van der Waals surface area contributed by atoms with Crippen LogP contribution in [0.1, 0.15) is 44.6 Å². The van der Waals surface area contributed by atoms with Gasteiger partial charge in [0.15, 0.2) is 0 Å². The maximum atomic E-state index is 12.6. The molecule has 3 rings (SSSR count). The smallest absolute Gasteiger partial charge is 0.229 e. The first-order chi connectivity index (χ1) is 14.1. The topological polar surface area (TPSA) is 58.6 Å². The Kier molecular flexibility index (Phi) is 7.28. The SMILES string of the molecule is CCCCCCOc1ccc(NC(=O)C2CC(=O)N(c3ccc(C)cc3)C2)cc1. The molecule has 2 amide bonds. The van der Waals surface area contributed by atoms with Gasteiger partial charge in [-0.15, -0.1) is 0 Å². The third-order valence-corrected chi connectivity index (χ3v) is 5.23. The van der Waals surface area contributed by atoms with Crippen molar-refractivity contribution in [3.63, 3.8) is 0 Å². The minimum absolute atomic E-state index is 0.0131. The van der Waals surface area contributed by atoms with Crippen molar-refractivity contribution in [2.45, 2.75) is 46.0 Å². The molecule has 0 bridgehead atoms. The lowest BCUT2D eigenvalue weighted by Gasteiger charge is -2.17. The molecule has 1 unspecified atom stereocenters. The molecule has 2 aromatic carbocycles. The zero-order valence-corrected chi connectivity index (χ0v) is 17.3. The summed E-state index contributed by atoms with van der Waals surface area (Å²) in [6.45, 7) is 5.32. The molecule has 2 aromatic rings. The lowest BCUT2D eigenvalue weighted by atomic mass is 10.1. The van der Waals surface area contributed by atoms with E-state index in [0.29, 0.717) is 13.2 Å². The average Bonchev–Trinajstić information content (AvgIpc) is 3.11. The molecular formula is C24H30N2O3. The number of carbonyl (C=O) groups is 2. The van der Waals surface area contributed by atoms with E-state index in [0.717, 1.165) is 29.1 Å². The van der Waals surface area contributed by atoms with Crippen molar-refractivity contribution in [2.75, 3.05) is 23.4 Å². The van der Waals surface area contributed by atoms with Crippen molar-refractivity contribution in [3.8, 4) is 5.75 Å². The Morgan fingerprint density at radius 1 is 1.07 bits per heavy atom. The molecular weight excluding hydrogens is 364 g/mol. The summed E-state index contributed by atoms with van der Waals surface area (Å²) in [6, 6.07) is 15.2. The maximum Gasteiger partial charge on any atom is 0.229 e. The van der Waals surface area contributed by atoms with Gasteiger partial charge in [-0.3, -0.25) is 9.59 Å². The fraction of sp³-hybridized carbons (Fsp3) is 0.417. The Hall–Kier alpha value is -2.82. The molecule has 0 aromatic heterocycles. The van der Waals surface area contributed by atoms with Gasteiger partial charge >= 0.3 is 0 Å². The number of rotatable bonds is 9. The van der Waals surface area contributed by atoms with Gasteiger partial charge in [0, 0.05) is 24.3 Å². The molecule has 1 fully saturated rings. The van der Waals surface area contributed by atoms with Crippen LogP contribution in [0.15, 0.2) is 48.5 Å². The molecule has 5 heteroatoms. The second-order valence-corrected chi connectivity index (χ2v) is 7.66. The van der Waals surface area contributed by atoms with Gasteiger partial charge in [-0.1, -0.05) is 43.9 Å². The molecule has 5 nitrogen and oxygen atoms in total. The highest BCUT2D eigenvalue weighted by atomic mass is 16.5. The standard InChI is InChI=1S/C24H30N2O3/c1-3-4-5-6-15-29-22-13-9-20(10-14-22)25-24(28)19-16-23(27)26(17-19)21-11-7-18(2)8-12-21/h7-14,19H,3-6,15-17H2,1-2H3,(H,25,28). The molecule has 1 saturated heterocycles. The Bertz CT molecular complexity index is 815. The van der Waals surface area contributed by atoms with Crippen LogP contribution in [-0.4, -0.2) is 25.0 Å². The van der Waals surface area contributed by atoms with Crippen LogP contribution < -0.4 is 15.0 Å². The summed E-state index contributed by atoms with van der Waals surface area (Å²) in [6.07, 6.45) is 4.92. The van der Waals surface area contributed by atoms with Crippen LogP contribution in [0.5, 0.6) is 5.75 Å². The van der Waals surface area contributed by atoms with Gasteiger partial charge < -0.3 is 15.0 Å². The number of hydrogen-bond acceptors (Lipinski definition) is 3. The fourth-order valence-corrected chi connectivity index (χ4v) is 3.46. The molecule has 1 aliphatic heterocycles. The predicted molar refractivity (Wildman–Crippen MR) is 116 cm³/mol. The van der Waals surface area contributed by atoms with Crippen molar-refractivity contribution in [2.24, 2.45) is 5.92 Å². The van der Waals surface area contributed by atoms with E-state index in [9.17, 15) is 9.59 Å². The first-order valence-electron chi connectivity index (χ1n) is 10.5. The van der Waals surface area contributed by atoms with Crippen molar-refractivity contribution < 1.29 is 14.3 Å².